The predicted octanol–water partition coefficient (Wildman–Crippen LogP) is 0.538. The van der Waals surface area contributed by atoms with Crippen LogP contribution in [0.15, 0.2) is 18.3 Å². The third-order valence-corrected chi connectivity index (χ3v) is 2.20. The lowest BCUT2D eigenvalue weighted by Gasteiger charge is -2.01. The lowest BCUT2D eigenvalue weighted by Crippen LogP contribution is -2.03. The van der Waals surface area contributed by atoms with Crippen LogP contribution in [0.4, 0.5) is 0 Å². The quantitative estimate of drug-likeness (QED) is 0.504. The summed E-state index contributed by atoms with van der Waals surface area (Å²) >= 11 is 5.40. The number of nitrogens with zero attached hydrogens (tertiary/aromatic N) is 1. The van der Waals surface area contributed by atoms with Crippen LogP contribution in [0.5, 0.6) is 0 Å². The molecule has 2 N–H and O–H groups in total. The van der Waals surface area contributed by atoms with Crippen molar-refractivity contribution in [3.8, 4) is 0 Å². The van der Waals surface area contributed by atoms with Crippen LogP contribution in [-0.2, 0) is 4.57 Å². The van der Waals surface area contributed by atoms with Gasteiger partial charge in [0, 0.05) is 6.20 Å². The molecule has 0 radical (unpaired) electrons. The second-order valence-electron chi connectivity index (χ2n) is 1.88. The molecule has 1 heterocycles. The van der Waals surface area contributed by atoms with Crippen molar-refractivity contribution in [3.63, 3.8) is 0 Å². The van der Waals surface area contributed by atoms with Crippen molar-refractivity contribution in [1.82, 2.24) is 4.98 Å². The molecule has 1 aromatic rings. The van der Waals surface area contributed by atoms with Crippen molar-refractivity contribution in [3.05, 3.63) is 23.5 Å². The van der Waals surface area contributed by atoms with Crippen LogP contribution in [-0.4, -0.2) is 14.8 Å². The Labute approximate surface area is 68.0 Å². The van der Waals surface area contributed by atoms with Crippen LogP contribution >= 0.6 is 19.2 Å². The molecule has 0 fully saturated rings. The molecule has 11 heavy (non-hydrogen) atoms. The minimum Gasteiger partial charge on any atom is -0.321 e. The highest BCUT2D eigenvalue weighted by molar-refractivity contribution is 7.60. The van der Waals surface area contributed by atoms with Gasteiger partial charge >= 0.3 is 7.60 Å². The van der Waals surface area contributed by atoms with Gasteiger partial charge in [0.05, 0.1) is 5.30 Å². The van der Waals surface area contributed by atoms with E-state index >= 15 is 0 Å². The molecule has 0 aliphatic heterocycles. The number of hydrogen-bond acceptors (Lipinski definition) is 2. The van der Waals surface area contributed by atoms with E-state index in [-0.39, 0.29) is 10.5 Å². The van der Waals surface area contributed by atoms with E-state index in [1.54, 1.807) is 0 Å². The average Bonchev–Trinajstić information content (AvgIpc) is 1.86. The topological polar surface area (TPSA) is 70.4 Å². The minimum absolute atomic E-state index is 0.0748. The summed E-state index contributed by atoms with van der Waals surface area (Å²) in [4.78, 5) is 20.9. The Kier molecular flexibility index (Phi) is 2.30. The van der Waals surface area contributed by atoms with Gasteiger partial charge in [0.15, 0.2) is 0 Å². The van der Waals surface area contributed by atoms with Gasteiger partial charge in [-0.1, -0.05) is 11.6 Å². The Balaban J connectivity index is 3.17. The lowest BCUT2D eigenvalue weighted by atomic mass is 10.5. The van der Waals surface area contributed by atoms with Gasteiger partial charge in [0.2, 0.25) is 0 Å². The van der Waals surface area contributed by atoms with Crippen LogP contribution in [0.2, 0.25) is 5.15 Å². The van der Waals surface area contributed by atoms with Gasteiger partial charge in [-0.25, -0.2) is 4.98 Å². The highest BCUT2D eigenvalue weighted by Crippen LogP contribution is 2.33. The van der Waals surface area contributed by atoms with Crippen LogP contribution in [0.25, 0.3) is 0 Å². The second kappa shape index (κ2) is 2.91. The van der Waals surface area contributed by atoms with E-state index in [0.717, 1.165) is 6.07 Å². The van der Waals surface area contributed by atoms with E-state index in [1.165, 1.54) is 12.3 Å². The summed E-state index contributed by atoms with van der Waals surface area (Å²) in [5, 5.41) is -0.0386. The summed E-state index contributed by atoms with van der Waals surface area (Å²) in [6.07, 6.45) is 1.25. The summed E-state index contributed by atoms with van der Waals surface area (Å²) in [6, 6.07) is 2.37. The Morgan fingerprint density at radius 2 is 2.18 bits per heavy atom. The van der Waals surface area contributed by atoms with Gasteiger partial charge in [0.25, 0.3) is 0 Å². The molecule has 0 aliphatic rings. The lowest BCUT2D eigenvalue weighted by molar-refractivity contribution is 0.387. The third-order valence-electron chi connectivity index (χ3n) is 1.05. The van der Waals surface area contributed by atoms with E-state index in [1.807, 2.05) is 0 Å². The van der Waals surface area contributed by atoms with Gasteiger partial charge < -0.3 is 9.79 Å². The highest BCUT2D eigenvalue weighted by Gasteiger charge is 2.16. The highest BCUT2D eigenvalue weighted by atomic mass is 35.5. The number of aromatic nitrogens is 1. The summed E-state index contributed by atoms with van der Waals surface area (Å²) in [7, 11) is -4.17. The number of rotatable bonds is 1. The molecule has 0 aliphatic carbocycles. The van der Waals surface area contributed by atoms with E-state index in [0.29, 0.717) is 0 Å². The molecule has 0 amide bonds. The average molecular weight is 194 g/mol. The molecule has 4 nitrogen and oxygen atoms in total. The number of pyridine rings is 1. The molecule has 1 aromatic heterocycles. The zero-order valence-corrected chi connectivity index (χ0v) is 6.96. The zero-order valence-electron chi connectivity index (χ0n) is 5.31. The largest absolute Gasteiger partial charge is 0.356 e. The zero-order chi connectivity index (χ0) is 8.48. The monoisotopic (exact) mass is 193 g/mol. The van der Waals surface area contributed by atoms with Gasteiger partial charge in [-0.05, 0) is 12.1 Å². The van der Waals surface area contributed by atoms with E-state index in [9.17, 15) is 4.57 Å². The molecular formula is C5H5ClNO3P. The maximum Gasteiger partial charge on any atom is 0.356 e. The van der Waals surface area contributed by atoms with E-state index in [2.05, 4.69) is 4.98 Å². The summed E-state index contributed by atoms with van der Waals surface area (Å²) < 4.78 is 10.6. The van der Waals surface area contributed by atoms with E-state index in [4.69, 9.17) is 21.4 Å². The molecule has 6 heteroatoms. The summed E-state index contributed by atoms with van der Waals surface area (Å²) in [5.74, 6) is 0. The first-order valence-corrected chi connectivity index (χ1v) is 4.67. The SMILES string of the molecule is O=P(O)(O)c1ccnc(Cl)c1. The van der Waals surface area contributed by atoms with Crippen LogP contribution in [0.1, 0.15) is 0 Å². The second-order valence-corrected chi connectivity index (χ2v) is 3.87. The van der Waals surface area contributed by atoms with Gasteiger partial charge in [-0.2, -0.15) is 0 Å². The van der Waals surface area contributed by atoms with E-state index < -0.39 is 7.60 Å². The van der Waals surface area contributed by atoms with Crippen LogP contribution in [0, 0.1) is 0 Å². The van der Waals surface area contributed by atoms with Gasteiger partial charge in [-0.15, -0.1) is 0 Å². The molecule has 0 saturated heterocycles. The molecule has 0 bridgehead atoms. The fraction of sp³-hybridized carbons (Fsp3) is 0. The Morgan fingerprint density at radius 1 is 1.55 bits per heavy atom. The molecule has 0 aromatic carbocycles. The first-order valence-electron chi connectivity index (χ1n) is 2.68. The molecule has 0 atom stereocenters. The smallest absolute Gasteiger partial charge is 0.321 e. The summed E-state index contributed by atoms with van der Waals surface area (Å²) in [6.45, 7) is 0. The first-order chi connectivity index (χ1) is 5.00. The third kappa shape index (κ3) is 2.27. The first kappa shape index (κ1) is 8.68. The fourth-order valence-electron chi connectivity index (χ4n) is 0.573. The van der Waals surface area contributed by atoms with Crippen molar-refractivity contribution >= 4 is 24.5 Å². The Bertz CT molecular complexity index is 310. The predicted molar refractivity (Wildman–Crippen MR) is 40.9 cm³/mol. The minimum atomic E-state index is -4.17. The molecule has 0 unspecified atom stereocenters. The van der Waals surface area contributed by atoms with Crippen molar-refractivity contribution in [1.29, 1.82) is 0 Å². The Morgan fingerprint density at radius 3 is 2.55 bits per heavy atom. The maximum atomic E-state index is 10.6. The van der Waals surface area contributed by atoms with Gasteiger partial charge in [0.1, 0.15) is 5.15 Å². The molecular weight excluding hydrogens is 188 g/mol. The van der Waals surface area contributed by atoms with Crippen LogP contribution in [0.3, 0.4) is 0 Å². The molecule has 0 saturated carbocycles. The maximum absolute atomic E-state index is 10.6. The van der Waals surface area contributed by atoms with Crippen molar-refractivity contribution in [2.75, 3.05) is 0 Å². The molecule has 0 spiro atoms. The number of halogens is 1. The fourth-order valence-corrected chi connectivity index (χ4v) is 1.37. The molecule has 60 valence electrons. The normalized spacial score (nSPS) is 11.5. The van der Waals surface area contributed by atoms with Gasteiger partial charge in [-0.3, -0.25) is 4.57 Å². The molecule has 1 rings (SSSR count). The van der Waals surface area contributed by atoms with Crippen molar-refractivity contribution < 1.29 is 14.4 Å². The van der Waals surface area contributed by atoms with Crippen molar-refractivity contribution in [2.24, 2.45) is 0 Å². The Hall–Kier alpha value is -0.410. The summed E-state index contributed by atoms with van der Waals surface area (Å²) in [5.41, 5.74) is 0. The van der Waals surface area contributed by atoms with Crippen LogP contribution < -0.4 is 5.30 Å². The number of hydrogen-bond donors (Lipinski definition) is 2. The van der Waals surface area contributed by atoms with Crippen molar-refractivity contribution in [2.45, 2.75) is 0 Å². The standard InChI is InChI=1S/C5H5ClNO3P/c6-5-3-4(1-2-7-5)11(8,9)10/h1-3H,(H2,8,9,10).